The van der Waals surface area contributed by atoms with Crippen LogP contribution < -0.4 is 4.74 Å². The molecule has 2 amide bonds. The summed E-state index contributed by atoms with van der Waals surface area (Å²) in [6, 6.07) is 14.5. The van der Waals surface area contributed by atoms with Crippen molar-refractivity contribution in [2.45, 2.75) is 463 Å². The number of nitrogens with zero attached hydrogens (tertiary/aromatic N) is 2. The Labute approximate surface area is 877 Å². The smallest absolute Gasteiger partial charge is 0.425 e. The molecule has 36 heteroatoms. The number of hydrogen-bond donors (Lipinski definition) is 2. The molecule has 2 aromatic carbocycles. The fourth-order valence-electron chi connectivity index (χ4n) is 16.4. The summed E-state index contributed by atoms with van der Waals surface area (Å²) in [6.07, 6.45) is -15.0. The Kier molecular flexibility index (Phi) is 51.7. The van der Waals surface area contributed by atoms with Gasteiger partial charge < -0.3 is 43.4 Å². The van der Waals surface area contributed by atoms with Crippen molar-refractivity contribution in [1.82, 2.24) is 4.90 Å². The number of aliphatic carboxylic acids is 1. The number of benzene rings is 2. The van der Waals surface area contributed by atoms with Crippen LogP contribution in [-0.4, -0.2) is 148 Å². The molecule has 17 atom stereocenters. The molecule has 21 nitrogen and oxygen atoms in total. The molecule has 0 spiro atoms. The van der Waals surface area contributed by atoms with Gasteiger partial charge in [0.25, 0.3) is 0 Å². The SMILES string of the molecule is CC1C(=O)N(C)C(=O)C1C.CC1C2CC(CC(C)(O)C(F)(F)F)C(C2)C1C.CCC(C)(C(=O)OC(C)(C)C)C(F)(F)F.CCC(C)(C)C(=O)O.CCC(C)(C)C(=O)OC(C)(C)C1CCC(C)CC1.CCC(C)(C)C(=O)OC(C)C(F)(F)F.CCC(C)(C)C(=O)OC(C)C(F)(F)F.CCC(C)(C)C(=O)OC1C2CC3C1OC(=O)C3(C#N)C2.CCC(C)(C)C(=O)Oc1cc(C)cc(C(F)(F)F)c1.CCC(C)c1ccc(C(C)(C)C)cc1. The predicted molar refractivity (Wildman–Crippen MR) is 542 cm³/mol. The average molecular weight is 2150 g/mol. The maximum atomic E-state index is 12.7. The van der Waals surface area contributed by atoms with Crippen molar-refractivity contribution in [3.05, 3.63) is 64.7 Å². The minimum absolute atomic E-state index is 0.0443. The molecule has 7 aliphatic rings. The van der Waals surface area contributed by atoms with Crippen LogP contribution >= 0.6 is 0 Å². The molecule has 4 bridgehead atoms. The standard InChI is InChI=1S/C16H30O2.C15H19NO4.C14H17F3O2.C14H22.C13H21F3O.C10H17F3O2.2C9H15F3O2.C7H11NO2.C6H12O2/c1-7-15(3,4)14(17)18-16(5,6)13-10-8-12(2)9-11-13;1-4-14(2,3)12(17)19-10-8-5-9-11(10)20-13(18)15(9,6-8)7-16;1-5-13(3,4)12(18)19-11-7-9(2)6-10(8-11)14(15,16)17;1-6-11(2)12-7-9-13(10-8-12)14(3,4)5;1-7-8(2)11-5-9(7)4-10(11)6-12(3,17)13(14,15)16;1-6-9(5,10(11,12)13)7(14)15-8(2,3)4;2*1-5-8(3,4)7(13)14-6(2)9(10,11)12;1-4-5(2)7(10)8(3)6(4)9;1-4-6(2,3)5(7)8/h12-13H,7-11H2,1-6H3;8-11H,4-6H2,1-3H3;6-8H,5H2,1-4H3;7-11H,6H2,1-5H3;7-11,17H,4-6H2,1-3H3;6H2,1-5H3;2*6H,5H2,1-4H3;4-5H,1-3H3;4H2,1-3H3,(H,7,8). The molecule has 9 rings (SSSR count). The molecule has 5 aliphatic carbocycles. The third-order valence-corrected chi connectivity index (χ3v) is 31.7. The van der Waals surface area contributed by atoms with Gasteiger partial charge in [-0.25, -0.2) is 0 Å². The molecule has 0 radical (unpaired) electrons. The highest BCUT2D eigenvalue weighted by Gasteiger charge is 2.73. The number of ether oxygens (including phenoxy) is 7. The highest BCUT2D eigenvalue weighted by Crippen LogP contribution is 2.63. The van der Waals surface area contributed by atoms with E-state index >= 15 is 0 Å². The highest BCUT2D eigenvalue weighted by atomic mass is 19.4. The lowest BCUT2D eigenvalue weighted by Gasteiger charge is -2.39. The molecule has 2 heterocycles. The largest absolute Gasteiger partial charge is 0.481 e. The minimum atomic E-state index is -4.58. The van der Waals surface area contributed by atoms with Crippen LogP contribution in [0.5, 0.6) is 5.75 Å². The molecule has 149 heavy (non-hydrogen) atoms. The second kappa shape index (κ2) is 54.7. The van der Waals surface area contributed by atoms with E-state index in [1.54, 1.807) is 83.1 Å². The summed E-state index contributed by atoms with van der Waals surface area (Å²) >= 11 is 0. The van der Waals surface area contributed by atoms with E-state index in [1.165, 1.54) is 95.9 Å². The van der Waals surface area contributed by atoms with Crippen LogP contribution in [0.1, 0.15) is 400 Å². The van der Waals surface area contributed by atoms with Crippen LogP contribution in [0.25, 0.3) is 0 Å². The molecule has 0 aromatic heterocycles. The van der Waals surface area contributed by atoms with Crippen LogP contribution in [0.15, 0.2) is 42.5 Å². The topological polar surface area (TPSA) is 303 Å². The van der Waals surface area contributed by atoms with Gasteiger partial charge in [-0.1, -0.05) is 155 Å². The van der Waals surface area contributed by atoms with Gasteiger partial charge in [-0.3, -0.25) is 52.8 Å². The Bertz CT molecular complexity index is 4620. The zero-order valence-electron chi connectivity index (χ0n) is 96.2. The minimum Gasteiger partial charge on any atom is -0.481 e. The highest BCUT2D eigenvalue weighted by molar-refractivity contribution is 6.04. The number of aryl methyl sites for hydroxylation is 1. The number of carbonyl (C=O) groups is 10. The summed E-state index contributed by atoms with van der Waals surface area (Å²) in [6.45, 7) is 68.3. The first kappa shape index (κ1) is 141. The lowest BCUT2D eigenvalue weighted by atomic mass is 9.72. The van der Waals surface area contributed by atoms with E-state index < -0.39 is 140 Å². The molecule has 860 valence electrons. The van der Waals surface area contributed by atoms with Crippen molar-refractivity contribution in [3.63, 3.8) is 0 Å². The number of esters is 7. The van der Waals surface area contributed by atoms with Gasteiger partial charge in [-0.05, 0) is 336 Å². The molecule has 2 aromatic rings. The van der Waals surface area contributed by atoms with E-state index in [1.807, 2.05) is 55.4 Å². The zero-order chi connectivity index (χ0) is 118. The van der Waals surface area contributed by atoms with E-state index in [2.05, 4.69) is 109 Å². The third kappa shape index (κ3) is 40.5. The fraction of sp³-hybridized carbons (Fsp3) is 0.796. The van der Waals surface area contributed by atoms with Gasteiger partial charge in [-0.15, -0.1) is 0 Å². The Morgan fingerprint density at radius 2 is 0.919 bits per heavy atom. The second-order valence-electron chi connectivity index (χ2n) is 48.4. The molecule has 7 fully saturated rings. The number of nitriles is 1. The normalized spacial score (nSPS) is 24.1. The summed E-state index contributed by atoms with van der Waals surface area (Å²) < 4.78 is 221. The fourth-order valence-corrected chi connectivity index (χ4v) is 16.4. The maximum Gasteiger partial charge on any atom is 0.425 e. The number of carbonyl (C=O) groups excluding carboxylic acids is 9. The van der Waals surface area contributed by atoms with E-state index in [0.29, 0.717) is 79.6 Å². The van der Waals surface area contributed by atoms with Gasteiger partial charge in [0.15, 0.2) is 28.6 Å². The summed E-state index contributed by atoms with van der Waals surface area (Å²) in [4.78, 5) is 116. The molecule has 17 unspecified atom stereocenters. The summed E-state index contributed by atoms with van der Waals surface area (Å²) in [5.41, 5.74) is -8.28. The van der Waals surface area contributed by atoms with Gasteiger partial charge in [0, 0.05) is 30.7 Å². The quantitative estimate of drug-likeness (QED) is 0.0324. The van der Waals surface area contributed by atoms with Gasteiger partial charge in [0.1, 0.15) is 29.2 Å². The van der Waals surface area contributed by atoms with Crippen molar-refractivity contribution < 1.29 is 157 Å². The number of halogens is 15. The second-order valence-corrected chi connectivity index (χ2v) is 48.4. The summed E-state index contributed by atoms with van der Waals surface area (Å²) in [5.74, 6) is -1.13. The molecule has 2 saturated heterocycles. The van der Waals surface area contributed by atoms with Crippen LogP contribution in [0.4, 0.5) is 65.9 Å². The maximum absolute atomic E-state index is 12.7. The number of alkyl halides is 15. The van der Waals surface area contributed by atoms with Crippen molar-refractivity contribution >= 4 is 59.6 Å². The van der Waals surface area contributed by atoms with E-state index in [9.17, 15) is 124 Å². The molecule has 2 aliphatic heterocycles. The zero-order valence-corrected chi connectivity index (χ0v) is 96.2. The van der Waals surface area contributed by atoms with Gasteiger partial charge in [0.2, 0.25) is 11.8 Å². The lowest BCUT2D eigenvalue weighted by Crippen LogP contribution is -2.45. The van der Waals surface area contributed by atoms with Crippen molar-refractivity contribution in [3.8, 4) is 11.8 Å². The van der Waals surface area contributed by atoms with Crippen LogP contribution in [0.2, 0.25) is 0 Å². The molecule has 2 N–H and O–H groups in total. The van der Waals surface area contributed by atoms with Crippen molar-refractivity contribution in [2.75, 3.05) is 7.05 Å². The van der Waals surface area contributed by atoms with Crippen molar-refractivity contribution in [2.24, 2.45) is 108 Å². The van der Waals surface area contributed by atoms with Gasteiger partial charge in [-0.2, -0.15) is 71.1 Å². The van der Waals surface area contributed by atoms with Crippen LogP contribution in [-0.2, 0) is 88.0 Å². The van der Waals surface area contributed by atoms with Crippen LogP contribution in [0.3, 0.4) is 0 Å². The van der Waals surface area contributed by atoms with E-state index in [-0.39, 0.29) is 94.5 Å². The number of rotatable bonds is 24. The first-order valence-electron chi connectivity index (χ1n) is 52.2. The molecular weight excluding hydrogens is 1970 g/mol. The monoisotopic (exact) mass is 2150 g/mol. The summed E-state index contributed by atoms with van der Waals surface area (Å²) in [5, 5.41) is 27.3. The lowest BCUT2D eigenvalue weighted by molar-refractivity contribution is -0.260. The Morgan fingerprint density at radius 1 is 0.503 bits per heavy atom. The Balaban J connectivity index is 0.00000165. The van der Waals surface area contributed by atoms with Crippen molar-refractivity contribution in [1.29, 1.82) is 5.26 Å². The Hall–Kier alpha value is -8.26. The average Bonchev–Trinajstić information content (AvgIpc) is 1.53. The number of aliphatic hydroxyl groups is 1. The Morgan fingerprint density at radius 3 is 1.25 bits per heavy atom. The number of fused-ring (bicyclic) bond motifs is 3. The van der Waals surface area contributed by atoms with Gasteiger partial charge in [0.05, 0.1) is 44.1 Å². The first-order chi connectivity index (χ1) is 66.9. The number of hydrogen-bond acceptors (Lipinski definition) is 19. The number of likely N-dealkylation sites (tertiary alicyclic amines) is 1. The van der Waals surface area contributed by atoms with E-state index in [4.69, 9.17) is 28.8 Å². The van der Waals surface area contributed by atoms with E-state index in [0.717, 1.165) is 71.4 Å². The third-order valence-electron chi connectivity index (χ3n) is 31.7. The number of imide groups is 1. The molecular formula is C113H179F15N2O19. The number of amides is 2. The number of carboxylic acid groups (broad SMARTS) is 1. The van der Waals surface area contributed by atoms with Crippen LogP contribution in [0, 0.1) is 127 Å². The van der Waals surface area contributed by atoms with Gasteiger partial charge >= 0.3 is 78.6 Å². The number of carboxylic acids is 1. The first-order valence-corrected chi connectivity index (χ1v) is 52.2. The molecule has 5 saturated carbocycles. The summed E-state index contributed by atoms with van der Waals surface area (Å²) in [7, 11) is 1.53. The predicted octanol–water partition coefficient (Wildman–Crippen LogP) is 29.8.